The smallest absolute Gasteiger partial charge is 0.191 e. The lowest BCUT2D eigenvalue weighted by Crippen LogP contribution is -2.03. The van der Waals surface area contributed by atoms with Gasteiger partial charge in [-0.3, -0.25) is 9.59 Å². The predicted octanol–water partition coefficient (Wildman–Crippen LogP) is 5.17. The van der Waals surface area contributed by atoms with Gasteiger partial charge in [-0.1, -0.05) is 87.1 Å². The SMILES string of the molecule is C=C(C)/C=C\C(=C)C(=O)C(=C)/C=C\C(=C)C(=O)C(=C)/C=C\C(=C)C. The molecule has 0 aromatic rings. The third-order valence-corrected chi connectivity index (χ3v) is 2.79. The first-order valence-corrected chi connectivity index (χ1v) is 7.26. The van der Waals surface area contributed by atoms with Crippen molar-refractivity contribution in [3.63, 3.8) is 0 Å². The van der Waals surface area contributed by atoms with Gasteiger partial charge in [-0.2, -0.15) is 0 Å². The molecule has 0 rings (SSSR count). The van der Waals surface area contributed by atoms with Gasteiger partial charge in [0.1, 0.15) is 0 Å². The fraction of sp³-hybridized carbons (Fsp3) is 0.0909. The molecule has 0 fully saturated rings. The van der Waals surface area contributed by atoms with E-state index in [1.165, 1.54) is 12.2 Å². The van der Waals surface area contributed by atoms with Crippen LogP contribution >= 0.6 is 0 Å². The van der Waals surface area contributed by atoms with Gasteiger partial charge in [-0.15, -0.1) is 0 Å². The molecule has 0 saturated heterocycles. The van der Waals surface area contributed by atoms with Crippen LogP contribution in [0.5, 0.6) is 0 Å². The van der Waals surface area contributed by atoms with Crippen molar-refractivity contribution in [1.29, 1.82) is 0 Å². The molecule has 0 heterocycles. The second-order valence-electron chi connectivity index (χ2n) is 5.45. The van der Waals surface area contributed by atoms with Gasteiger partial charge in [0.15, 0.2) is 11.6 Å². The Hall–Kier alpha value is -3.00. The van der Waals surface area contributed by atoms with E-state index < -0.39 is 0 Å². The third kappa shape index (κ3) is 7.85. The van der Waals surface area contributed by atoms with Gasteiger partial charge in [0.05, 0.1) is 0 Å². The van der Waals surface area contributed by atoms with Crippen molar-refractivity contribution in [2.45, 2.75) is 13.8 Å². The topological polar surface area (TPSA) is 34.1 Å². The summed E-state index contributed by atoms with van der Waals surface area (Å²) in [6.07, 6.45) is 9.42. The standard InChI is InChI=1S/C22H24O2/c1-15(2)9-11-17(5)21(23)19(7)13-14-20(8)22(24)18(6)12-10-16(3)4/h9-14H,1,3,5-8H2,2,4H3/b11-9-,12-10-,14-13-. The number of Topliss-reactive ketones (excluding diaryl/α,β-unsaturated/α-hetero) is 2. The number of carbonyl (C=O) groups is 2. The van der Waals surface area contributed by atoms with E-state index in [1.54, 1.807) is 24.3 Å². The number of carbonyl (C=O) groups excluding carboxylic acids is 2. The van der Waals surface area contributed by atoms with Crippen molar-refractivity contribution in [1.82, 2.24) is 0 Å². The van der Waals surface area contributed by atoms with Crippen LogP contribution in [0.4, 0.5) is 0 Å². The van der Waals surface area contributed by atoms with E-state index in [9.17, 15) is 9.59 Å². The van der Waals surface area contributed by atoms with Crippen LogP contribution in [0, 0.1) is 0 Å². The lowest BCUT2D eigenvalue weighted by Gasteiger charge is -2.02. The minimum Gasteiger partial charge on any atom is -0.289 e. The fourth-order valence-corrected chi connectivity index (χ4v) is 1.40. The van der Waals surface area contributed by atoms with E-state index in [-0.39, 0.29) is 22.7 Å². The third-order valence-electron chi connectivity index (χ3n) is 2.79. The molecule has 0 radical (unpaired) electrons. The average Bonchev–Trinajstić information content (AvgIpc) is 2.53. The highest BCUT2D eigenvalue weighted by Crippen LogP contribution is 2.11. The second-order valence-corrected chi connectivity index (χ2v) is 5.45. The first-order chi connectivity index (χ1) is 11.1. The number of rotatable bonds is 10. The summed E-state index contributed by atoms with van der Waals surface area (Å²) in [6, 6.07) is 0. The maximum absolute atomic E-state index is 12.1. The number of hydrogen-bond acceptors (Lipinski definition) is 2. The fourth-order valence-electron chi connectivity index (χ4n) is 1.40. The largest absolute Gasteiger partial charge is 0.289 e. The van der Waals surface area contributed by atoms with Gasteiger partial charge in [-0.05, 0) is 13.8 Å². The van der Waals surface area contributed by atoms with Crippen LogP contribution < -0.4 is 0 Å². The Morgan fingerprint density at radius 2 is 0.708 bits per heavy atom. The Morgan fingerprint density at radius 3 is 0.917 bits per heavy atom. The number of ketones is 2. The van der Waals surface area contributed by atoms with E-state index in [4.69, 9.17) is 0 Å². The molecule has 0 amide bonds. The van der Waals surface area contributed by atoms with E-state index in [2.05, 4.69) is 39.5 Å². The van der Waals surface area contributed by atoms with Crippen LogP contribution in [0.1, 0.15) is 13.8 Å². The van der Waals surface area contributed by atoms with E-state index in [0.29, 0.717) is 11.1 Å². The highest BCUT2D eigenvalue weighted by Gasteiger charge is 2.09. The van der Waals surface area contributed by atoms with Crippen molar-refractivity contribution in [3.05, 3.63) is 109 Å². The zero-order valence-electron chi connectivity index (χ0n) is 14.5. The van der Waals surface area contributed by atoms with Crippen LogP contribution in [0.25, 0.3) is 0 Å². The molecule has 0 aliphatic carbocycles. The van der Waals surface area contributed by atoms with Crippen LogP contribution in [0.15, 0.2) is 109 Å². The normalized spacial score (nSPS) is 10.9. The summed E-state index contributed by atoms with van der Waals surface area (Å²) in [4.78, 5) is 24.1. The molecule has 0 unspecified atom stereocenters. The maximum Gasteiger partial charge on any atom is 0.191 e. The summed E-state index contributed by atoms with van der Waals surface area (Å²) < 4.78 is 0. The lowest BCUT2D eigenvalue weighted by molar-refractivity contribution is -0.112. The molecule has 0 N–H and O–H groups in total. The summed E-state index contributed by atoms with van der Waals surface area (Å²) in [5, 5.41) is 0. The highest BCUT2D eigenvalue weighted by atomic mass is 16.1. The Bertz CT molecular complexity index is 657. The van der Waals surface area contributed by atoms with Crippen molar-refractivity contribution in [2.24, 2.45) is 0 Å². The van der Waals surface area contributed by atoms with Crippen molar-refractivity contribution < 1.29 is 9.59 Å². The Kier molecular flexibility index (Phi) is 8.67. The number of hydrogen-bond donors (Lipinski definition) is 0. The van der Waals surface area contributed by atoms with Crippen LogP contribution in [0.2, 0.25) is 0 Å². The molecule has 2 heteroatoms. The monoisotopic (exact) mass is 320 g/mol. The molecule has 0 aromatic heterocycles. The molecular weight excluding hydrogens is 296 g/mol. The molecule has 0 aliphatic rings. The first-order valence-electron chi connectivity index (χ1n) is 7.26. The van der Waals surface area contributed by atoms with Crippen LogP contribution in [-0.2, 0) is 9.59 Å². The summed E-state index contributed by atoms with van der Waals surface area (Å²) in [6.45, 7) is 25.8. The second kappa shape index (κ2) is 9.90. The highest BCUT2D eigenvalue weighted by molar-refractivity contribution is 6.13. The quantitative estimate of drug-likeness (QED) is 0.411. The Labute approximate surface area is 145 Å². The minimum atomic E-state index is -0.315. The Balaban J connectivity index is 4.88. The van der Waals surface area contributed by atoms with Crippen molar-refractivity contribution in [2.75, 3.05) is 0 Å². The summed E-state index contributed by atoms with van der Waals surface area (Å²) in [7, 11) is 0. The molecule has 24 heavy (non-hydrogen) atoms. The molecule has 0 aliphatic heterocycles. The molecule has 2 nitrogen and oxygen atoms in total. The van der Waals surface area contributed by atoms with Gasteiger partial charge in [0.2, 0.25) is 0 Å². The zero-order valence-corrected chi connectivity index (χ0v) is 14.5. The molecule has 0 saturated carbocycles. The summed E-state index contributed by atoms with van der Waals surface area (Å²) in [5.41, 5.74) is 2.62. The predicted molar refractivity (Wildman–Crippen MR) is 104 cm³/mol. The van der Waals surface area contributed by atoms with Crippen LogP contribution in [-0.4, -0.2) is 11.6 Å². The summed E-state index contributed by atoms with van der Waals surface area (Å²) in [5.74, 6) is -0.630. The van der Waals surface area contributed by atoms with Crippen LogP contribution in [0.3, 0.4) is 0 Å². The van der Waals surface area contributed by atoms with Crippen molar-refractivity contribution in [3.8, 4) is 0 Å². The lowest BCUT2D eigenvalue weighted by atomic mass is 10.0. The molecular formula is C22H24O2. The maximum atomic E-state index is 12.1. The minimum absolute atomic E-state index is 0.211. The van der Waals surface area contributed by atoms with E-state index in [0.717, 1.165) is 11.1 Å². The van der Waals surface area contributed by atoms with E-state index in [1.807, 2.05) is 13.8 Å². The van der Waals surface area contributed by atoms with Crippen molar-refractivity contribution >= 4 is 11.6 Å². The number of allylic oxidation sites excluding steroid dienone is 12. The average molecular weight is 320 g/mol. The Morgan fingerprint density at radius 1 is 0.500 bits per heavy atom. The van der Waals surface area contributed by atoms with Gasteiger partial charge in [0.25, 0.3) is 0 Å². The zero-order chi connectivity index (χ0) is 18.9. The first kappa shape index (κ1) is 21.0. The molecule has 0 atom stereocenters. The molecule has 0 aromatic carbocycles. The molecule has 0 bridgehead atoms. The van der Waals surface area contributed by atoms with Gasteiger partial charge in [0, 0.05) is 22.3 Å². The molecule has 0 spiro atoms. The van der Waals surface area contributed by atoms with Gasteiger partial charge < -0.3 is 0 Å². The van der Waals surface area contributed by atoms with E-state index >= 15 is 0 Å². The summed E-state index contributed by atoms with van der Waals surface area (Å²) >= 11 is 0. The van der Waals surface area contributed by atoms with Gasteiger partial charge >= 0.3 is 0 Å². The van der Waals surface area contributed by atoms with Gasteiger partial charge in [-0.25, -0.2) is 0 Å². The molecule has 124 valence electrons.